The van der Waals surface area contributed by atoms with Crippen molar-refractivity contribution in [1.82, 2.24) is 15.3 Å². The minimum atomic E-state index is 0.233. The van der Waals surface area contributed by atoms with Gasteiger partial charge in [0.2, 0.25) is 0 Å². The first-order valence-electron chi connectivity index (χ1n) is 6.97. The summed E-state index contributed by atoms with van der Waals surface area (Å²) >= 11 is 5.99. The van der Waals surface area contributed by atoms with E-state index in [-0.39, 0.29) is 6.04 Å². The van der Waals surface area contributed by atoms with Gasteiger partial charge in [-0.2, -0.15) is 0 Å². The predicted molar refractivity (Wildman–Crippen MR) is 85.9 cm³/mol. The van der Waals surface area contributed by atoms with Gasteiger partial charge in [-0.3, -0.25) is 0 Å². The zero-order valence-electron chi connectivity index (χ0n) is 12.8. The molecule has 1 atom stereocenters. The van der Waals surface area contributed by atoms with Crippen LogP contribution in [0.5, 0.6) is 5.75 Å². The maximum atomic E-state index is 5.99. The first-order valence-corrected chi connectivity index (χ1v) is 7.35. The van der Waals surface area contributed by atoms with Crippen molar-refractivity contribution in [1.29, 1.82) is 0 Å². The van der Waals surface area contributed by atoms with Gasteiger partial charge in [-0.1, -0.05) is 18.5 Å². The lowest BCUT2D eigenvalue weighted by Crippen LogP contribution is -2.19. The van der Waals surface area contributed by atoms with Crippen LogP contribution in [-0.4, -0.2) is 23.6 Å². The van der Waals surface area contributed by atoms with Crippen molar-refractivity contribution >= 4 is 11.6 Å². The van der Waals surface area contributed by atoms with Crippen LogP contribution in [0.2, 0.25) is 5.02 Å². The number of rotatable bonds is 5. The third kappa shape index (κ3) is 3.52. The Morgan fingerprint density at radius 2 is 2.14 bits per heavy atom. The number of benzene rings is 1. The Balaban J connectivity index is 2.40. The summed E-state index contributed by atoms with van der Waals surface area (Å²) in [4.78, 5) is 9.09. The minimum absolute atomic E-state index is 0.233. The third-order valence-corrected chi connectivity index (χ3v) is 3.63. The van der Waals surface area contributed by atoms with E-state index in [0.29, 0.717) is 16.6 Å². The number of aromatic nitrogens is 2. The molecule has 2 aromatic rings. The van der Waals surface area contributed by atoms with Crippen molar-refractivity contribution in [2.75, 3.05) is 13.7 Å². The quantitative estimate of drug-likeness (QED) is 0.913. The summed E-state index contributed by atoms with van der Waals surface area (Å²) in [5, 5.41) is 4.00. The van der Waals surface area contributed by atoms with Crippen LogP contribution in [0, 0.1) is 6.92 Å². The fourth-order valence-electron chi connectivity index (χ4n) is 2.30. The molecular weight excluding hydrogens is 286 g/mol. The summed E-state index contributed by atoms with van der Waals surface area (Å²) in [5.41, 5.74) is 2.91. The van der Waals surface area contributed by atoms with Crippen LogP contribution < -0.4 is 10.1 Å². The number of nitrogens with one attached hydrogen (secondary N) is 1. The zero-order chi connectivity index (χ0) is 15.4. The summed E-state index contributed by atoms with van der Waals surface area (Å²) in [6.07, 6.45) is 1.87. The average Bonchev–Trinajstić information content (AvgIpc) is 2.47. The van der Waals surface area contributed by atoms with E-state index in [1.165, 1.54) is 0 Å². The molecule has 0 amide bonds. The Hall–Kier alpha value is -1.65. The summed E-state index contributed by atoms with van der Waals surface area (Å²) in [5.74, 6) is 1.32. The highest BCUT2D eigenvalue weighted by Gasteiger charge is 2.13. The van der Waals surface area contributed by atoms with Crippen LogP contribution in [-0.2, 0) is 0 Å². The molecule has 0 bridgehead atoms. The lowest BCUT2D eigenvalue weighted by Gasteiger charge is -2.15. The summed E-state index contributed by atoms with van der Waals surface area (Å²) in [6.45, 7) is 7.10. The molecule has 1 N–H and O–H groups in total. The van der Waals surface area contributed by atoms with Crippen LogP contribution in [0.1, 0.15) is 31.1 Å². The van der Waals surface area contributed by atoms with Crippen LogP contribution in [0.15, 0.2) is 24.4 Å². The normalized spacial score (nSPS) is 12.2. The van der Waals surface area contributed by atoms with Crippen LogP contribution in [0.25, 0.3) is 11.4 Å². The number of methoxy groups -OCH3 is 1. The largest absolute Gasteiger partial charge is 0.496 e. The van der Waals surface area contributed by atoms with E-state index >= 15 is 0 Å². The Morgan fingerprint density at radius 3 is 2.76 bits per heavy atom. The molecule has 21 heavy (non-hydrogen) atoms. The van der Waals surface area contributed by atoms with Gasteiger partial charge in [-0.15, -0.1) is 0 Å². The standard InChI is InChI=1S/C16H20ClN3O/c1-5-18-10(2)14-9-19-16(20-11(14)3)13-7-6-12(17)8-15(13)21-4/h6-10,18H,5H2,1-4H3. The molecule has 112 valence electrons. The number of hydrogen-bond donors (Lipinski definition) is 1. The molecule has 4 nitrogen and oxygen atoms in total. The fraction of sp³-hybridized carbons (Fsp3) is 0.375. The van der Waals surface area contributed by atoms with Crippen molar-refractivity contribution in [2.45, 2.75) is 26.8 Å². The number of nitrogens with zero attached hydrogens (tertiary/aromatic N) is 2. The van der Waals surface area contributed by atoms with Gasteiger partial charge in [-0.05, 0) is 38.6 Å². The molecule has 0 aliphatic rings. The highest BCUT2D eigenvalue weighted by Crippen LogP contribution is 2.30. The minimum Gasteiger partial charge on any atom is -0.496 e. The van der Waals surface area contributed by atoms with E-state index in [0.717, 1.165) is 23.4 Å². The van der Waals surface area contributed by atoms with E-state index in [2.05, 4.69) is 29.1 Å². The second-order valence-electron chi connectivity index (χ2n) is 4.86. The topological polar surface area (TPSA) is 47.0 Å². The SMILES string of the molecule is CCNC(C)c1cnc(-c2ccc(Cl)cc2OC)nc1C. The van der Waals surface area contributed by atoms with E-state index in [1.807, 2.05) is 25.3 Å². The third-order valence-electron chi connectivity index (χ3n) is 3.40. The first kappa shape index (κ1) is 15.7. The fourth-order valence-corrected chi connectivity index (χ4v) is 2.46. The first-order chi connectivity index (χ1) is 10.1. The average molecular weight is 306 g/mol. The highest BCUT2D eigenvalue weighted by molar-refractivity contribution is 6.30. The number of aryl methyl sites for hydroxylation is 1. The van der Waals surface area contributed by atoms with E-state index < -0.39 is 0 Å². The molecule has 2 rings (SSSR count). The van der Waals surface area contributed by atoms with Gasteiger partial charge in [0.05, 0.1) is 12.7 Å². The van der Waals surface area contributed by atoms with Crippen molar-refractivity contribution in [2.24, 2.45) is 0 Å². The van der Waals surface area contributed by atoms with Crippen molar-refractivity contribution < 1.29 is 4.74 Å². The Labute approximate surface area is 130 Å². The Bertz CT molecular complexity index is 631. The molecule has 1 unspecified atom stereocenters. The molecule has 1 aromatic heterocycles. The summed E-state index contributed by atoms with van der Waals surface area (Å²) in [7, 11) is 1.61. The molecule has 0 saturated heterocycles. The highest BCUT2D eigenvalue weighted by atomic mass is 35.5. The van der Waals surface area contributed by atoms with E-state index in [9.17, 15) is 0 Å². The van der Waals surface area contributed by atoms with Crippen LogP contribution in [0.4, 0.5) is 0 Å². The van der Waals surface area contributed by atoms with E-state index in [1.54, 1.807) is 13.2 Å². The molecule has 1 aromatic carbocycles. The number of ether oxygens (including phenoxy) is 1. The lowest BCUT2D eigenvalue weighted by molar-refractivity contribution is 0.416. The summed E-state index contributed by atoms with van der Waals surface area (Å²) in [6, 6.07) is 5.69. The predicted octanol–water partition coefficient (Wildman–Crippen LogP) is 3.78. The molecule has 0 aliphatic carbocycles. The monoisotopic (exact) mass is 305 g/mol. The molecule has 5 heteroatoms. The van der Waals surface area contributed by atoms with Gasteiger partial charge in [0.15, 0.2) is 5.82 Å². The molecular formula is C16H20ClN3O. The molecule has 0 radical (unpaired) electrons. The molecule has 0 saturated carbocycles. The van der Waals surface area contributed by atoms with Crippen LogP contribution in [0.3, 0.4) is 0 Å². The van der Waals surface area contributed by atoms with Gasteiger partial charge in [0, 0.05) is 28.5 Å². The maximum absolute atomic E-state index is 5.99. The second-order valence-corrected chi connectivity index (χ2v) is 5.29. The van der Waals surface area contributed by atoms with E-state index in [4.69, 9.17) is 16.3 Å². The molecule has 0 fully saturated rings. The van der Waals surface area contributed by atoms with Crippen LogP contribution >= 0.6 is 11.6 Å². The smallest absolute Gasteiger partial charge is 0.163 e. The number of hydrogen-bond acceptors (Lipinski definition) is 4. The van der Waals surface area contributed by atoms with Gasteiger partial charge in [0.1, 0.15) is 5.75 Å². The van der Waals surface area contributed by atoms with Gasteiger partial charge in [0.25, 0.3) is 0 Å². The summed E-state index contributed by atoms with van der Waals surface area (Å²) < 4.78 is 5.36. The molecule has 1 heterocycles. The van der Waals surface area contributed by atoms with Crippen molar-refractivity contribution in [3.63, 3.8) is 0 Å². The van der Waals surface area contributed by atoms with Gasteiger partial charge < -0.3 is 10.1 Å². The van der Waals surface area contributed by atoms with Crippen molar-refractivity contribution in [3.05, 3.63) is 40.7 Å². The second kappa shape index (κ2) is 6.87. The Kier molecular flexibility index (Phi) is 5.15. The van der Waals surface area contributed by atoms with Gasteiger partial charge >= 0.3 is 0 Å². The number of halogens is 1. The Morgan fingerprint density at radius 1 is 1.38 bits per heavy atom. The maximum Gasteiger partial charge on any atom is 0.163 e. The lowest BCUT2D eigenvalue weighted by atomic mass is 10.1. The zero-order valence-corrected chi connectivity index (χ0v) is 13.5. The van der Waals surface area contributed by atoms with Gasteiger partial charge in [-0.25, -0.2) is 9.97 Å². The van der Waals surface area contributed by atoms with Crippen molar-refractivity contribution in [3.8, 4) is 17.1 Å². The molecule has 0 aliphatic heterocycles. The molecule has 0 spiro atoms.